The van der Waals surface area contributed by atoms with Crippen molar-refractivity contribution in [2.75, 3.05) is 13.1 Å². The van der Waals surface area contributed by atoms with Crippen molar-refractivity contribution in [3.05, 3.63) is 29.8 Å². The molecule has 1 aromatic rings. The molecule has 0 N–H and O–H groups in total. The zero-order chi connectivity index (χ0) is 12.5. The smallest absolute Gasteiger partial charge is 0.339 e. The molecule has 1 aromatic carbocycles. The minimum Gasteiger partial charge on any atom is -0.339 e. The van der Waals surface area contributed by atoms with Gasteiger partial charge < -0.3 is 4.90 Å². The summed E-state index contributed by atoms with van der Waals surface area (Å²) in [6.45, 7) is 1.47. The van der Waals surface area contributed by atoms with Gasteiger partial charge in [-0.3, -0.25) is 4.79 Å². The summed E-state index contributed by atoms with van der Waals surface area (Å²) in [5.74, 6) is -0.111. The summed E-state index contributed by atoms with van der Waals surface area (Å²) < 4.78 is 36.2. The number of carbonyl (C=O) groups is 1. The Morgan fingerprint density at radius 1 is 1.18 bits per heavy atom. The lowest BCUT2D eigenvalue weighted by Gasteiger charge is -2.30. The SMILES string of the molecule is O=C(c1ccc(SC(F)(F)F)cc1)N1CCC1. The maximum absolute atomic E-state index is 12.1. The third kappa shape index (κ3) is 3.15. The van der Waals surface area contributed by atoms with Crippen LogP contribution in [0.4, 0.5) is 13.2 Å². The molecule has 0 spiro atoms. The van der Waals surface area contributed by atoms with Gasteiger partial charge in [-0.05, 0) is 42.4 Å². The first-order valence-corrected chi connectivity index (χ1v) is 5.92. The molecule has 1 aliphatic heterocycles. The third-order valence-corrected chi connectivity index (χ3v) is 3.22. The molecule has 1 saturated heterocycles. The van der Waals surface area contributed by atoms with Crippen LogP contribution in [-0.4, -0.2) is 29.4 Å². The van der Waals surface area contributed by atoms with Gasteiger partial charge in [-0.1, -0.05) is 0 Å². The molecule has 1 amide bonds. The second-order valence-corrected chi connectivity index (χ2v) is 4.86. The summed E-state index contributed by atoms with van der Waals surface area (Å²) in [5, 5.41) is 0. The number of carbonyl (C=O) groups excluding carboxylic acids is 1. The molecule has 17 heavy (non-hydrogen) atoms. The lowest BCUT2D eigenvalue weighted by molar-refractivity contribution is -0.0328. The molecule has 0 aromatic heterocycles. The molecule has 0 radical (unpaired) electrons. The molecule has 0 unspecified atom stereocenters. The highest BCUT2D eigenvalue weighted by atomic mass is 32.2. The van der Waals surface area contributed by atoms with Crippen LogP contribution in [0.1, 0.15) is 16.8 Å². The van der Waals surface area contributed by atoms with E-state index in [0.29, 0.717) is 5.56 Å². The van der Waals surface area contributed by atoms with Gasteiger partial charge >= 0.3 is 5.51 Å². The van der Waals surface area contributed by atoms with Crippen molar-refractivity contribution in [1.82, 2.24) is 4.90 Å². The Labute approximate surface area is 101 Å². The number of hydrogen-bond donors (Lipinski definition) is 0. The van der Waals surface area contributed by atoms with Gasteiger partial charge in [-0.25, -0.2) is 0 Å². The second kappa shape index (κ2) is 4.60. The molecular formula is C11H10F3NOS. The van der Waals surface area contributed by atoms with Crippen LogP contribution in [0.2, 0.25) is 0 Å². The van der Waals surface area contributed by atoms with Crippen molar-refractivity contribution in [2.45, 2.75) is 16.8 Å². The summed E-state index contributed by atoms with van der Waals surface area (Å²) in [6, 6.07) is 5.53. The first-order valence-electron chi connectivity index (χ1n) is 5.11. The maximum Gasteiger partial charge on any atom is 0.446 e. The number of halogens is 3. The summed E-state index contributed by atoms with van der Waals surface area (Å²) in [7, 11) is 0. The number of thioether (sulfide) groups is 1. The number of hydrogen-bond acceptors (Lipinski definition) is 2. The van der Waals surface area contributed by atoms with Gasteiger partial charge in [0.15, 0.2) is 0 Å². The van der Waals surface area contributed by atoms with Crippen molar-refractivity contribution in [2.24, 2.45) is 0 Å². The molecule has 1 aliphatic rings. The quantitative estimate of drug-likeness (QED) is 0.762. The fraction of sp³-hybridized carbons (Fsp3) is 0.364. The van der Waals surface area contributed by atoms with Crippen LogP contribution < -0.4 is 0 Å². The molecule has 1 fully saturated rings. The first-order chi connectivity index (χ1) is 7.96. The lowest BCUT2D eigenvalue weighted by atomic mass is 10.1. The normalized spacial score (nSPS) is 15.6. The van der Waals surface area contributed by atoms with E-state index in [4.69, 9.17) is 0 Å². The zero-order valence-electron chi connectivity index (χ0n) is 8.83. The maximum atomic E-state index is 12.1. The van der Waals surface area contributed by atoms with E-state index in [1.165, 1.54) is 24.3 Å². The minimum absolute atomic E-state index is 0.0951. The highest BCUT2D eigenvalue weighted by Gasteiger charge is 2.29. The van der Waals surface area contributed by atoms with E-state index in [-0.39, 0.29) is 22.6 Å². The van der Waals surface area contributed by atoms with Crippen LogP contribution in [0.5, 0.6) is 0 Å². The van der Waals surface area contributed by atoms with Crippen molar-refractivity contribution in [3.63, 3.8) is 0 Å². The van der Waals surface area contributed by atoms with Gasteiger partial charge in [-0.15, -0.1) is 0 Å². The fourth-order valence-electron chi connectivity index (χ4n) is 1.50. The van der Waals surface area contributed by atoms with E-state index in [0.717, 1.165) is 19.5 Å². The van der Waals surface area contributed by atoms with Crippen molar-refractivity contribution < 1.29 is 18.0 Å². The molecule has 2 nitrogen and oxygen atoms in total. The predicted octanol–water partition coefficient (Wildman–Crippen LogP) is 3.14. The van der Waals surface area contributed by atoms with Crippen molar-refractivity contribution in [3.8, 4) is 0 Å². The van der Waals surface area contributed by atoms with E-state index < -0.39 is 5.51 Å². The van der Waals surface area contributed by atoms with Crippen LogP contribution in [0.25, 0.3) is 0 Å². The molecule has 92 valence electrons. The van der Waals surface area contributed by atoms with Crippen LogP contribution in [0.15, 0.2) is 29.2 Å². The molecule has 6 heteroatoms. The lowest BCUT2D eigenvalue weighted by Crippen LogP contribution is -2.41. The molecular weight excluding hydrogens is 251 g/mol. The number of nitrogens with zero attached hydrogens (tertiary/aromatic N) is 1. The molecule has 0 atom stereocenters. The number of benzene rings is 1. The third-order valence-electron chi connectivity index (χ3n) is 2.48. The summed E-state index contributed by atoms with van der Waals surface area (Å²) in [5.41, 5.74) is -3.85. The Morgan fingerprint density at radius 2 is 1.76 bits per heavy atom. The standard InChI is InChI=1S/C11H10F3NOS/c12-11(13,14)17-9-4-2-8(3-5-9)10(16)15-6-1-7-15/h2-5H,1,6-7H2. The van der Waals surface area contributed by atoms with E-state index in [1.54, 1.807) is 4.90 Å². The zero-order valence-corrected chi connectivity index (χ0v) is 9.64. The Bertz CT molecular complexity index is 412. The summed E-state index contributed by atoms with van der Waals surface area (Å²) >= 11 is -0.176. The van der Waals surface area contributed by atoms with Gasteiger partial charge in [0.2, 0.25) is 0 Å². The van der Waals surface area contributed by atoms with E-state index in [1.807, 2.05) is 0 Å². The Hall–Kier alpha value is -1.17. The van der Waals surface area contributed by atoms with Gasteiger partial charge in [0.25, 0.3) is 5.91 Å². The van der Waals surface area contributed by atoms with Crippen LogP contribution in [-0.2, 0) is 0 Å². The predicted molar refractivity (Wildman–Crippen MR) is 58.9 cm³/mol. The highest BCUT2D eigenvalue weighted by Crippen LogP contribution is 2.36. The molecule has 2 rings (SSSR count). The minimum atomic E-state index is -4.29. The first kappa shape index (κ1) is 12.3. The molecule has 0 saturated carbocycles. The average molecular weight is 261 g/mol. The summed E-state index contributed by atoms with van der Waals surface area (Å²) in [6.07, 6.45) is 0.994. The highest BCUT2D eigenvalue weighted by molar-refractivity contribution is 8.00. The van der Waals surface area contributed by atoms with Crippen LogP contribution in [0.3, 0.4) is 0 Å². The van der Waals surface area contributed by atoms with Gasteiger partial charge in [-0.2, -0.15) is 13.2 Å². The van der Waals surface area contributed by atoms with E-state index >= 15 is 0 Å². The number of rotatable bonds is 2. The second-order valence-electron chi connectivity index (χ2n) is 3.72. The number of amides is 1. The van der Waals surface area contributed by atoms with Crippen LogP contribution in [0, 0.1) is 0 Å². The van der Waals surface area contributed by atoms with Gasteiger partial charge in [0, 0.05) is 23.5 Å². The summed E-state index contributed by atoms with van der Waals surface area (Å²) in [4.78, 5) is 13.5. The van der Waals surface area contributed by atoms with E-state index in [9.17, 15) is 18.0 Å². The van der Waals surface area contributed by atoms with Crippen LogP contribution >= 0.6 is 11.8 Å². The van der Waals surface area contributed by atoms with Crippen molar-refractivity contribution >= 4 is 17.7 Å². The Morgan fingerprint density at radius 3 is 2.18 bits per heavy atom. The fourth-order valence-corrected chi connectivity index (χ4v) is 2.04. The Balaban J connectivity index is 2.04. The largest absolute Gasteiger partial charge is 0.446 e. The van der Waals surface area contributed by atoms with Gasteiger partial charge in [0.1, 0.15) is 0 Å². The average Bonchev–Trinajstić information content (AvgIpc) is 2.13. The molecule has 0 bridgehead atoms. The molecule has 1 heterocycles. The number of likely N-dealkylation sites (tertiary alicyclic amines) is 1. The molecule has 0 aliphatic carbocycles. The topological polar surface area (TPSA) is 20.3 Å². The Kier molecular flexibility index (Phi) is 3.33. The van der Waals surface area contributed by atoms with Crippen molar-refractivity contribution in [1.29, 1.82) is 0 Å². The van der Waals surface area contributed by atoms with E-state index in [2.05, 4.69) is 0 Å². The monoisotopic (exact) mass is 261 g/mol. The number of alkyl halides is 3. The van der Waals surface area contributed by atoms with Gasteiger partial charge in [0.05, 0.1) is 0 Å².